The molecular formula is C28H24Cl2N2O6. The number of nitrogens with zero attached hydrogens (tertiary/aromatic N) is 1. The number of benzene rings is 3. The van der Waals surface area contributed by atoms with Gasteiger partial charge in [-0.2, -0.15) is 5.26 Å². The molecule has 1 atom stereocenters. The predicted molar refractivity (Wildman–Crippen MR) is 142 cm³/mol. The number of carbonyl (C=O) groups is 1. The molecule has 0 amide bonds. The van der Waals surface area contributed by atoms with Crippen LogP contribution in [0.15, 0.2) is 60.0 Å². The second-order valence-electron chi connectivity index (χ2n) is 8.24. The van der Waals surface area contributed by atoms with Crippen LogP contribution in [0.2, 0.25) is 10.0 Å². The summed E-state index contributed by atoms with van der Waals surface area (Å²) in [6.45, 7) is 2.39. The van der Waals surface area contributed by atoms with Gasteiger partial charge in [0.15, 0.2) is 5.75 Å². The number of nitrogens with two attached hydrogens (primary N) is 1. The lowest BCUT2D eigenvalue weighted by molar-refractivity contribution is 0.0734. The summed E-state index contributed by atoms with van der Waals surface area (Å²) in [5.74, 6) is 0.588. The largest absolute Gasteiger partial charge is 0.497 e. The fourth-order valence-corrected chi connectivity index (χ4v) is 4.67. The minimum absolute atomic E-state index is 0.0698. The van der Waals surface area contributed by atoms with E-state index in [0.717, 1.165) is 6.42 Å². The first-order chi connectivity index (χ1) is 18.3. The molecule has 3 aromatic carbocycles. The smallest absolute Gasteiger partial charge is 0.343 e. The van der Waals surface area contributed by atoms with Crippen molar-refractivity contribution in [3.05, 3.63) is 86.7 Å². The van der Waals surface area contributed by atoms with Crippen molar-refractivity contribution in [1.82, 2.24) is 0 Å². The molecule has 0 saturated heterocycles. The molecule has 0 radical (unpaired) electrons. The number of allylic oxidation sites excluding steroid dienone is 1. The van der Waals surface area contributed by atoms with Crippen molar-refractivity contribution < 1.29 is 28.5 Å². The third-order valence-electron chi connectivity index (χ3n) is 5.83. The molecule has 2 N–H and O–H groups in total. The molecule has 10 heteroatoms. The maximum Gasteiger partial charge on any atom is 0.343 e. The van der Waals surface area contributed by atoms with Crippen LogP contribution in [-0.4, -0.2) is 26.8 Å². The molecule has 1 aliphatic rings. The Balaban J connectivity index is 1.68. The van der Waals surface area contributed by atoms with Gasteiger partial charge in [-0.25, -0.2) is 4.79 Å². The lowest BCUT2D eigenvalue weighted by Crippen LogP contribution is -2.21. The molecule has 0 aliphatic carbocycles. The number of rotatable bonds is 8. The lowest BCUT2D eigenvalue weighted by Gasteiger charge is -2.28. The second-order valence-corrected chi connectivity index (χ2v) is 9.05. The Hall–Kier alpha value is -4.06. The van der Waals surface area contributed by atoms with Gasteiger partial charge < -0.3 is 29.4 Å². The van der Waals surface area contributed by atoms with E-state index in [2.05, 4.69) is 6.07 Å². The molecule has 1 heterocycles. The van der Waals surface area contributed by atoms with Crippen molar-refractivity contribution in [2.24, 2.45) is 5.73 Å². The third kappa shape index (κ3) is 5.30. The first-order valence-electron chi connectivity index (χ1n) is 11.6. The Bertz CT molecular complexity index is 1440. The van der Waals surface area contributed by atoms with Crippen molar-refractivity contribution in [2.75, 3.05) is 20.8 Å². The average Bonchev–Trinajstić information content (AvgIpc) is 2.91. The minimum atomic E-state index is -0.682. The maximum absolute atomic E-state index is 12.9. The molecule has 0 spiro atoms. The van der Waals surface area contributed by atoms with E-state index in [1.807, 2.05) is 6.92 Å². The number of carbonyl (C=O) groups excluding carboxylic acids is 1. The van der Waals surface area contributed by atoms with Crippen LogP contribution < -0.4 is 29.4 Å². The van der Waals surface area contributed by atoms with E-state index < -0.39 is 11.9 Å². The van der Waals surface area contributed by atoms with Crippen LogP contribution in [0.4, 0.5) is 0 Å². The van der Waals surface area contributed by atoms with E-state index in [1.165, 1.54) is 25.3 Å². The second kappa shape index (κ2) is 11.5. The van der Waals surface area contributed by atoms with Crippen molar-refractivity contribution >= 4 is 29.2 Å². The van der Waals surface area contributed by atoms with Crippen molar-refractivity contribution in [3.8, 4) is 34.8 Å². The monoisotopic (exact) mass is 554 g/mol. The highest BCUT2D eigenvalue weighted by Crippen LogP contribution is 2.47. The zero-order valence-corrected chi connectivity index (χ0v) is 22.4. The Morgan fingerprint density at radius 2 is 1.74 bits per heavy atom. The highest BCUT2D eigenvalue weighted by Gasteiger charge is 2.33. The summed E-state index contributed by atoms with van der Waals surface area (Å²) in [6, 6.07) is 15.1. The van der Waals surface area contributed by atoms with Crippen LogP contribution in [0.5, 0.6) is 28.7 Å². The maximum atomic E-state index is 12.9. The van der Waals surface area contributed by atoms with E-state index >= 15 is 0 Å². The third-order valence-corrected chi connectivity index (χ3v) is 6.39. The van der Waals surface area contributed by atoms with Gasteiger partial charge in [0.25, 0.3) is 0 Å². The number of hydrogen-bond acceptors (Lipinski definition) is 8. The van der Waals surface area contributed by atoms with Crippen LogP contribution in [0.1, 0.15) is 40.7 Å². The van der Waals surface area contributed by atoms with Crippen molar-refractivity contribution in [3.63, 3.8) is 0 Å². The number of nitriles is 1. The van der Waals surface area contributed by atoms with Gasteiger partial charge in [0, 0.05) is 17.2 Å². The number of fused-ring (bicyclic) bond motifs is 1. The van der Waals surface area contributed by atoms with Gasteiger partial charge in [-0.05, 0) is 42.8 Å². The molecular weight excluding hydrogens is 531 g/mol. The predicted octanol–water partition coefficient (Wildman–Crippen LogP) is 6.24. The van der Waals surface area contributed by atoms with Gasteiger partial charge >= 0.3 is 5.97 Å². The van der Waals surface area contributed by atoms with E-state index in [9.17, 15) is 10.1 Å². The summed E-state index contributed by atoms with van der Waals surface area (Å²) in [7, 11) is 3.08. The minimum Gasteiger partial charge on any atom is -0.497 e. The fraction of sp³-hybridized carbons (Fsp3) is 0.214. The van der Waals surface area contributed by atoms with E-state index in [-0.39, 0.29) is 32.8 Å². The van der Waals surface area contributed by atoms with E-state index in [0.29, 0.717) is 40.7 Å². The van der Waals surface area contributed by atoms with E-state index in [1.54, 1.807) is 37.4 Å². The normalized spacial score (nSPS) is 14.2. The van der Waals surface area contributed by atoms with E-state index in [4.69, 9.17) is 52.6 Å². The molecule has 0 fully saturated rings. The first kappa shape index (κ1) is 27.0. The zero-order chi connectivity index (χ0) is 27.4. The number of halogens is 2. The summed E-state index contributed by atoms with van der Waals surface area (Å²) in [6.07, 6.45) is 0.776. The van der Waals surface area contributed by atoms with Crippen molar-refractivity contribution in [2.45, 2.75) is 19.3 Å². The van der Waals surface area contributed by atoms with Crippen LogP contribution >= 0.6 is 23.2 Å². The fourth-order valence-electron chi connectivity index (χ4n) is 4.07. The number of hydrogen-bond donors (Lipinski definition) is 1. The summed E-state index contributed by atoms with van der Waals surface area (Å²) in [5, 5.41) is 10.3. The van der Waals surface area contributed by atoms with Crippen LogP contribution in [-0.2, 0) is 0 Å². The molecule has 196 valence electrons. The molecule has 0 bridgehead atoms. The highest BCUT2D eigenvalue weighted by molar-refractivity contribution is 6.37. The summed E-state index contributed by atoms with van der Waals surface area (Å²) in [4.78, 5) is 12.9. The Morgan fingerprint density at radius 3 is 2.37 bits per heavy atom. The molecule has 8 nitrogen and oxygen atoms in total. The van der Waals surface area contributed by atoms with Gasteiger partial charge in [-0.1, -0.05) is 36.2 Å². The Kier molecular flexibility index (Phi) is 8.20. The highest BCUT2D eigenvalue weighted by atomic mass is 35.5. The van der Waals surface area contributed by atoms with Crippen molar-refractivity contribution in [1.29, 1.82) is 5.26 Å². The van der Waals surface area contributed by atoms with Gasteiger partial charge in [-0.3, -0.25) is 0 Å². The standard InChI is InChI=1S/C28H24Cl2N2O6/c1-4-9-36-26-21(29)10-15(11-22(26)30)28(33)37-17-5-7-18-24(13-17)38-27(32)20(14-31)25(18)19-12-16(34-2)6-8-23(19)35-3/h5-8,10-13,25H,4,9,32H2,1-3H3. The first-order valence-corrected chi connectivity index (χ1v) is 12.3. The molecule has 38 heavy (non-hydrogen) atoms. The summed E-state index contributed by atoms with van der Waals surface area (Å²) in [5.41, 5.74) is 7.78. The average molecular weight is 555 g/mol. The molecule has 0 aromatic heterocycles. The Labute approximate surface area is 230 Å². The molecule has 0 saturated carbocycles. The van der Waals surface area contributed by atoms with Crippen LogP contribution in [0, 0.1) is 11.3 Å². The zero-order valence-electron chi connectivity index (χ0n) is 20.8. The van der Waals surface area contributed by atoms with Crippen LogP contribution in [0.3, 0.4) is 0 Å². The van der Waals surface area contributed by atoms with Crippen LogP contribution in [0.25, 0.3) is 0 Å². The lowest BCUT2D eigenvalue weighted by atomic mass is 9.83. The van der Waals surface area contributed by atoms with Gasteiger partial charge in [0.05, 0.1) is 42.4 Å². The number of esters is 1. The SMILES string of the molecule is CCCOc1c(Cl)cc(C(=O)Oc2ccc3c(c2)OC(N)=C(C#N)C3c2cc(OC)ccc2OC)cc1Cl. The Morgan fingerprint density at radius 1 is 1.03 bits per heavy atom. The molecule has 4 rings (SSSR count). The van der Waals surface area contributed by atoms with Gasteiger partial charge in [0.1, 0.15) is 34.6 Å². The summed E-state index contributed by atoms with van der Waals surface area (Å²) >= 11 is 12.5. The summed E-state index contributed by atoms with van der Waals surface area (Å²) < 4.78 is 27.8. The number of methoxy groups -OCH3 is 2. The van der Waals surface area contributed by atoms with Gasteiger partial charge in [-0.15, -0.1) is 0 Å². The number of ether oxygens (including phenoxy) is 5. The topological polar surface area (TPSA) is 113 Å². The molecule has 1 aliphatic heterocycles. The van der Waals surface area contributed by atoms with Gasteiger partial charge in [0.2, 0.25) is 5.88 Å². The molecule has 3 aromatic rings. The quantitative estimate of drug-likeness (QED) is 0.257. The molecule has 1 unspecified atom stereocenters.